The number of benzene rings is 1. The van der Waals surface area contributed by atoms with Crippen LogP contribution in [0.15, 0.2) is 41.5 Å². The maximum atomic E-state index is 13.0. The number of alkyl halides is 3. The van der Waals surface area contributed by atoms with Crippen LogP contribution >= 0.6 is 0 Å². The lowest BCUT2D eigenvalue weighted by atomic mass is 10.1. The Morgan fingerprint density at radius 1 is 1.14 bits per heavy atom. The molecule has 0 saturated carbocycles. The minimum atomic E-state index is -4.40. The Labute approximate surface area is 158 Å². The van der Waals surface area contributed by atoms with E-state index in [4.69, 9.17) is 4.74 Å². The van der Waals surface area contributed by atoms with Crippen molar-refractivity contribution < 1.29 is 22.7 Å². The van der Waals surface area contributed by atoms with E-state index < -0.39 is 11.7 Å². The van der Waals surface area contributed by atoms with Gasteiger partial charge in [-0.15, -0.1) is 10.2 Å². The summed E-state index contributed by atoms with van der Waals surface area (Å²) in [5.74, 6) is 0.402. The van der Waals surface area contributed by atoms with Crippen molar-refractivity contribution in [1.29, 1.82) is 0 Å². The van der Waals surface area contributed by atoms with Gasteiger partial charge in [-0.25, -0.2) is 5.01 Å². The van der Waals surface area contributed by atoms with E-state index in [0.717, 1.165) is 6.07 Å². The summed E-state index contributed by atoms with van der Waals surface area (Å²) in [5, 5.41) is 13.3. The molecule has 1 amide bonds. The number of rotatable bonds is 5. The van der Waals surface area contributed by atoms with Crippen LogP contribution < -0.4 is 4.90 Å². The van der Waals surface area contributed by atoms with E-state index in [0.29, 0.717) is 24.6 Å². The molecule has 146 valence electrons. The zero-order valence-corrected chi connectivity index (χ0v) is 14.8. The van der Waals surface area contributed by atoms with Gasteiger partial charge in [0.15, 0.2) is 11.5 Å². The molecule has 2 aliphatic rings. The summed E-state index contributed by atoms with van der Waals surface area (Å²) in [5.41, 5.74) is 0.124. The van der Waals surface area contributed by atoms with Crippen LogP contribution in [0.1, 0.15) is 16.8 Å². The molecule has 0 N–H and O–H groups in total. The standard InChI is InChI=1S/C18H16F3N5O2/c1-25-17(27)16(24-25)14-6-7-15(23-22-14)26-8-12(9-26)28-10-11-4-2-3-5-13(11)18(19,20)21/h2-7,12H,8-10H2,1H3. The van der Waals surface area contributed by atoms with Crippen molar-refractivity contribution >= 4 is 17.4 Å². The summed E-state index contributed by atoms with van der Waals surface area (Å²) in [7, 11) is 1.56. The van der Waals surface area contributed by atoms with Gasteiger partial charge in [-0.1, -0.05) is 18.2 Å². The number of hydrogen-bond acceptors (Lipinski definition) is 6. The Hall–Kier alpha value is -3.01. The lowest BCUT2D eigenvalue weighted by Gasteiger charge is -2.39. The minimum Gasteiger partial charge on any atom is -0.370 e. The highest BCUT2D eigenvalue weighted by Crippen LogP contribution is 2.32. The molecule has 0 aliphatic carbocycles. The third kappa shape index (κ3) is 3.42. The molecular formula is C18H16F3N5O2. The van der Waals surface area contributed by atoms with Crippen LogP contribution in [-0.4, -0.2) is 53.1 Å². The van der Waals surface area contributed by atoms with Crippen molar-refractivity contribution in [3.8, 4) is 0 Å². The van der Waals surface area contributed by atoms with Crippen LogP contribution in [0.2, 0.25) is 0 Å². The molecule has 10 heteroatoms. The first kappa shape index (κ1) is 18.4. The summed E-state index contributed by atoms with van der Waals surface area (Å²) in [6.45, 7) is 0.907. The maximum Gasteiger partial charge on any atom is 0.416 e. The highest BCUT2D eigenvalue weighted by Gasteiger charge is 2.34. The van der Waals surface area contributed by atoms with E-state index >= 15 is 0 Å². The Bertz CT molecular complexity index is 924. The number of hydrogen-bond donors (Lipinski definition) is 0. The average Bonchev–Trinajstić information content (AvgIpc) is 2.64. The first-order valence-electron chi connectivity index (χ1n) is 8.55. The van der Waals surface area contributed by atoms with E-state index in [1.54, 1.807) is 25.2 Å². The summed E-state index contributed by atoms with van der Waals surface area (Å²) >= 11 is 0. The smallest absolute Gasteiger partial charge is 0.370 e. The van der Waals surface area contributed by atoms with Gasteiger partial charge in [0.05, 0.1) is 18.3 Å². The summed E-state index contributed by atoms with van der Waals surface area (Å²) < 4.78 is 44.6. The van der Waals surface area contributed by atoms with Gasteiger partial charge in [0.1, 0.15) is 5.69 Å². The Kier molecular flexibility index (Phi) is 4.50. The van der Waals surface area contributed by atoms with Gasteiger partial charge >= 0.3 is 6.18 Å². The number of aromatic nitrogens is 2. The van der Waals surface area contributed by atoms with Crippen LogP contribution in [0, 0.1) is 0 Å². The summed E-state index contributed by atoms with van der Waals surface area (Å²) in [6.07, 6.45) is -4.59. The summed E-state index contributed by atoms with van der Waals surface area (Å²) in [4.78, 5) is 13.5. The molecule has 0 unspecified atom stereocenters. The van der Waals surface area contributed by atoms with Crippen LogP contribution in [0.25, 0.3) is 0 Å². The number of nitrogens with zero attached hydrogens (tertiary/aromatic N) is 5. The topological polar surface area (TPSA) is 70.9 Å². The van der Waals surface area contributed by atoms with Crippen molar-refractivity contribution in [2.45, 2.75) is 18.9 Å². The van der Waals surface area contributed by atoms with E-state index in [-0.39, 0.29) is 29.9 Å². The number of halogens is 3. The second-order valence-corrected chi connectivity index (χ2v) is 6.55. The SMILES string of the molecule is CN1N=C(c2ccc(N3CC(OCc4ccccc4C(F)(F)F)C3)nn2)C1=O. The third-order valence-corrected chi connectivity index (χ3v) is 4.61. The predicted octanol–water partition coefficient (Wildman–Crippen LogP) is 2.08. The Balaban J connectivity index is 1.31. The molecule has 1 saturated heterocycles. The van der Waals surface area contributed by atoms with Gasteiger partial charge in [0.25, 0.3) is 5.91 Å². The van der Waals surface area contributed by atoms with E-state index in [9.17, 15) is 18.0 Å². The van der Waals surface area contributed by atoms with Gasteiger partial charge in [0.2, 0.25) is 0 Å². The molecule has 1 fully saturated rings. The van der Waals surface area contributed by atoms with E-state index in [1.807, 2.05) is 4.90 Å². The highest BCUT2D eigenvalue weighted by molar-refractivity contribution is 6.48. The van der Waals surface area contributed by atoms with E-state index in [2.05, 4.69) is 15.3 Å². The summed E-state index contributed by atoms with van der Waals surface area (Å²) in [6, 6.07) is 8.79. The monoisotopic (exact) mass is 391 g/mol. The Morgan fingerprint density at radius 2 is 1.89 bits per heavy atom. The van der Waals surface area contributed by atoms with Gasteiger partial charge in [-0.2, -0.15) is 18.3 Å². The minimum absolute atomic E-state index is 0.103. The second kappa shape index (κ2) is 6.86. The quantitative estimate of drug-likeness (QED) is 0.781. The van der Waals surface area contributed by atoms with Gasteiger partial charge in [-0.3, -0.25) is 4.79 Å². The first-order valence-corrected chi connectivity index (χ1v) is 8.55. The number of hydrazone groups is 1. The number of carbonyl (C=O) groups is 1. The van der Waals surface area contributed by atoms with Crippen LogP contribution in [-0.2, 0) is 22.3 Å². The lowest BCUT2D eigenvalue weighted by Crippen LogP contribution is -2.52. The third-order valence-electron chi connectivity index (χ3n) is 4.61. The van der Waals surface area contributed by atoms with Gasteiger partial charge in [-0.05, 0) is 23.8 Å². The fraction of sp³-hybridized carbons (Fsp3) is 0.333. The van der Waals surface area contributed by atoms with Crippen molar-refractivity contribution in [2.24, 2.45) is 5.10 Å². The molecule has 7 nitrogen and oxygen atoms in total. The molecule has 28 heavy (non-hydrogen) atoms. The molecule has 0 spiro atoms. The molecule has 4 rings (SSSR count). The zero-order chi connectivity index (χ0) is 19.9. The largest absolute Gasteiger partial charge is 0.416 e. The molecule has 0 atom stereocenters. The maximum absolute atomic E-state index is 13.0. The molecular weight excluding hydrogens is 375 g/mol. The van der Waals surface area contributed by atoms with Crippen molar-refractivity contribution in [3.63, 3.8) is 0 Å². The molecule has 0 radical (unpaired) electrons. The number of anilines is 1. The predicted molar refractivity (Wildman–Crippen MR) is 93.6 cm³/mol. The first-order chi connectivity index (χ1) is 13.3. The fourth-order valence-electron chi connectivity index (χ4n) is 2.99. The molecule has 0 bridgehead atoms. The van der Waals surface area contributed by atoms with Gasteiger partial charge in [0, 0.05) is 20.1 Å². The zero-order valence-electron chi connectivity index (χ0n) is 14.8. The number of likely N-dealkylation sites (N-methyl/N-ethyl adjacent to an activating group) is 1. The molecule has 2 aliphatic heterocycles. The van der Waals surface area contributed by atoms with Gasteiger partial charge < -0.3 is 9.64 Å². The average molecular weight is 391 g/mol. The normalized spacial score (nSPS) is 17.3. The Morgan fingerprint density at radius 3 is 2.50 bits per heavy atom. The van der Waals surface area contributed by atoms with E-state index in [1.165, 1.54) is 17.1 Å². The molecule has 3 heterocycles. The molecule has 1 aromatic heterocycles. The van der Waals surface area contributed by atoms with Crippen LogP contribution in [0.3, 0.4) is 0 Å². The number of carbonyl (C=O) groups excluding carboxylic acids is 1. The molecule has 1 aromatic carbocycles. The highest BCUT2D eigenvalue weighted by atomic mass is 19.4. The van der Waals surface area contributed by atoms with Crippen LogP contribution in [0.5, 0.6) is 0 Å². The number of ether oxygens (including phenoxy) is 1. The number of amides is 1. The fourth-order valence-corrected chi connectivity index (χ4v) is 2.99. The van der Waals surface area contributed by atoms with Crippen molar-refractivity contribution in [1.82, 2.24) is 15.2 Å². The van der Waals surface area contributed by atoms with Crippen LogP contribution in [0.4, 0.5) is 19.0 Å². The second-order valence-electron chi connectivity index (χ2n) is 6.55. The van der Waals surface area contributed by atoms with Crippen molar-refractivity contribution in [2.75, 3.05) is 25.0 Å². The van der Waals surface area contributed by atoms with Crippen molar-refractivity contribution in [3.05, 3.63) is 53.2 Å². The lowest BCUT2D eigenvalue weighted by molar-refractivity contribution is -0.139. The molecule has 2 aromatic rings.